The Morgan fingerprint density at radius 2 is 1.80 bits per heavy atom. The summed E-state index contributed by atoms with van der Waals surface area (Å²) in [5, 5.41) is 16.6. The second-order valence-corrected chi connectivity index (χ2v) is 5.67. The van der Waals surface area contributed by atoms with Gasteiger partial charge >= 0.3 is 0 Å². The summed E-state index contributed by atoms with van der Waals surface area (Å²) < 4.78 is 5.20. The lowest BCUT2D eigenvalue weighted by atomic mass is 10.1. The summed E-state index contributed by atoms with van der Waals surface area (Å²) in [5.41, 5.74) is 3.32. The molecular weight excluding hydrogens is 314 g/mol. The number of nitrogens with one attached hydrogen (secondary N) is 2. The minimum Gasteiger partial charge on any atom is -0.508 e. The lowest BCUT2D eigenvalue weighted by Crippen LogP contribution is -2.37. The van der Waals surface area contributed by atoms with Crippen molar-refractivity contribution in [3.8, 4) is 11.5 Å². The first-order valence-electron chi connectivity index (χ1n) is 8.62. The summed E-state index contributed by atoms with van der Waals surface area (Å²) in [6.07, 6.45) is 1.00. The number of rotatable bonds is 7. The molecule has 0 saturated carbocycles. The van der Waals surface area contributed by atoms with E-state index in [-0.39, 0.29) is 5.75 Å². The molecule has 0 aromatic heterocycles. The quantitative estimate of drug-likeness (QED) is 0.534. The fourth-order valence-corrected chi connectivity index (χ4v) is 2.58. The molecule has 0 saturated heterocycles. The number of ether oxygens (including phenoxy) is 1. The Labute approximate surface area is 149 Å². The molecule has 5 nitrogen and oxygen atoms in total. The van der Waals surface area contributed by atoms with E-state index in [0.717, 1.165) is 24.5 Å². The van der Waals surface area contributed by atoms with Crippen molar-refractivity contribution < 1.29 is 9.84 Å². The van der Waals surface area contributed by atoms with E-state index in [1.165, 1.54) is 11.1 Å². The maximum Gasteiger partial charge on any atom is 0.191 e. The molecule has 2 aromatic carbocycles. The Kier molecular flexibility index (Phi) is 7.14. The van der Waals surface area contributed by atoms with Crippen molar-refractivity contribution >= 4 is 5.96 Å². The van der Waals surface area contributed by atoms with Gasteiger partial charge in [0.25, 0.3) is 0 Å². The fraction of sp³-hybridized carbons (Fsp3) is 0.350. The highest BCUT2D eigenvalue weighted by molar-refractivity contribution is 5.79. The number of aromatic hydroxyl groups is 1. The number of guanidine groups is 1. The predicted molar refractivity (Wildman–Crippen MR) is 102 cm³/mol. The third-order valence-corrected chi connectivity index (χ3v) is 3.98. The van der Waals surface area contributed by atoms with Crippen LogP contribution in [0.2, 0.25) is 0 Å². The van der Waals surface area contributed by atoms with Gasteiger partial charge in [0.2, 0.25) is 0 Å². The summed E-state index contributed by atoms with van der Waals surface area (Å²) in [4.78, 5) is 4.57. The van der Waals surface area contributed by atoms with Crippen molar-refractivity contribution in [2.24, 2.45) is 4.99 Å². The highest BCUT2D eigenvalue weighted by Gasteiger charge is 2.05. The number of benzene rings is 2. The first-order chi connectivity index (χ1) is 12.2. The zero-order valence-corrected chi connectivity index (χ0v) is 15.2. The smallest absolute Gasteiger partial charge is 0.191 e. The zero-order chi connectivity index (χ0) is 18.1. The molecule has 3 N–H and O–H groups in total. The van der Waals surface area contributed by atoms with E-state index in [4.69, 9.17) is 4.74 Å². The van der Waals surface area contributed by atoms with E-state index in [0.29, 0.717) is 18.8 Å². The SMILES string of the molecule is CCNC(=NCc1cc(OC)ccc1O)NCc1ccccc1CC. The molecule has 0 aliphatic heterocycles. The van der Waals surface area contributed by atoms with Crippen molar-refractivity contribution in [2.75, 3.05) is 13.7 Å². The van der Waals surface area contributed by atoms with Gasteiger partial charge in [0.05, 0.1) is 13.7 Å². The highest BCUT2D eigenvalue weighted by Crippen LogP contribution is 2.23. The number of phenolic OH excluding ortho intramolecular Hbond substituents is 1. The van der Waals surface area contributed by atoms with E-state index in [1.54, 1.807) is 25.3 Å². The molecule has 25 heavy (non-hydrogen) atoms. The summed E-state index contributed by atoms with van der Waals surface area (Å²) in [7, 11) is 1.61. The van der Waals surface area contributed by atoms with E-state index in [2.05, 4.69) is 46.8 Å². The van der Waals surface area contributed by atoms with Gasteiger partial charge in [-0.05, 0) is 42.7 Å². The third-order valence-electron chi connectivity index (χ3n) is 3.98. The zero-order valence-electron chi connectivity index (χ0n) is 15.2. The van der Waals surface area contributed by atoms with Gasteiger partial charge in [0, 0.05) is 18.7 Å². The Hall–Kier alpha value is -2.69. The van der Waals surface area contributed by atoms with Crippen LogP contribution >= 0.6 is 0 Å². The molecule has 2 rings (SSSR count). The second-order valence-electron chi connectivity index (χ2n) is 5.67. The van der Waals surface area contributed by atoms with Crippen molar-refractivity contribution in [3.63, 3.8) is 0 Å². The van der Waals surface area contributed by atoms with Crippen molar-refractivity contribution in [1.29, 1.82) is 0 Å². The summed E-state index contributed by atoms with van der Waals surface area (Å²) >= 11 is 0. The molecule has 0 bridgehead atoms. The molecule has 0 radical (unpaired) electrons. The van der Waals surface area contributed by atoms with Gasteiger partial charge in [-0.1, -0.05) is 31.2 Å². The summed E-state index contributed by atoms with van der Waals surface area (Å²) in [6.45, 7) is 6.03. The van der Waals surface area contributed by atoms with Crippen molar-refractivity contribution in [3.05, 3.63) is 59.2 Å². The standard InChI is InChI=1S/C20H27N3O2/c1-4-15-8-6-7-9-16(15)13-22-20(21-5-2)23-14-17-12-18(25-3)10-11-19(17)24/h6-12,24H,4-5,13-14H2,1-3H3,(H2,21,22,23). The van der Waals surface area contributed by atoms with Gasteiger partial charge in [0.15, 0.2) is 5.96 Å². The van der Waals surface area contributed by atoms with Crippen LogP contribution in [0.15, 0.2) is 47.5 Å². The van der Waals surface area contributed by atoms with Gasteiger partial charge < -0.3 is 20.5 Å². The molecule has 5 heteroatoms. The maximum atomic E-state index is 9.98. The molecule has 0 atom stereocenters. The van der Waals surface area contributed by atoms with Gasteiger partial charge in [-0.25, -0.2) is 4.99 Å². The maximum absolute atomic E-state index is 9.98. The highest BCUT2D eigenvalue weighted by atomic mass is 16.5. The van der Waals surface area contributed by atoms with E-state index in [1.807, 2.05) is 6.92 Å². The van der Waals surface area contributed by atoms with Crippen LogP contribution in [0.4, 0.5) is 0 Å². The first-order valence-corrected chi connectivity index (χ1v) is 8.62. The normalized spacial score (nSPS) is 11.2. The van der Waals surface area contributed by atoms with Crippen LogP contribution < -0.4 is 15.4 Å². The molecule has 2 aromatic rings. The summed E-state index contributed by atoms with van der Waals surface area (Å²) in [6, 6.07) is 13.5. The third kappa shape index (κ3) is 5.41. The predicted octanol–water partition coefficient (Wildman–Crippen LogP) is 3.22. The van der Waals surface area contributed by atoms with Crippen LogP contribution in [0, 0.1) is 0 Å². The Bertz CT molecular complexity index is 714. The Morgan fingerprint density at radius 3 is 2.48 bits per heavy atom. The number of aliphatic imine (C=N–C) groups is 1. The van der Waals surface area contributed by atoms with Crippen LogP contribution in [0.3, 0.4) is 0 Å². The molecule has 0 aliphatic rings. The second kappa shape index (κ2) is 9.57. The minimum absolute atomic E-state index is 0.219. The number of hydrogen-bond donors (Lipinski definition) is 3. The van der Waals surface area contributed by atoms with Crippen LogP contribution in [-0.2, 0) is 19.5 Å². The average molecular weight is 341 g/mol. The molecule has 0 heterocycles. The average Bonchev–Trinajstić information content (AvgIpc) is 2.65. The van der Waals surface area contributed by atoms with E-state index >= 15 is 0 Å². The Balaban J connectivity index is 2.08. The van der Waals surface area contributed by atoms with Crippen LogP contribution in [0.25, 0.3) is 0 Å². The van der Waals surface area contributed by atoms with Gasteiger partial charge in [-0.15, -0.1) is 0 Å². The molecule has 0 fully saturated rings. The molecular formula is C20H27N3O2. The largest absolute Gasteiger partial charge is 0.508 e. The van der Waals surface area contributed by atoms with Crippen molar-refractivity contribution in [2.45, 2.75) is 33.4 Å². The number of methoxy groups -OCH3 is 1. The summed E-state index contributed by atoms with van der Waals surface area (Å²) in [5.74, 6) is 1.64. The Morgan fingerprint density at radius 1 is 1.04 bits per heavy atom. The number of phenols is 1. The lowest BCUT2D eigenvalue weighted by Gasteiger charge is -2.14. The molecule has 0 unspecified atom stereocenters. The molecule has 0 amide bonds. The molecule has 0 aliphatic carbocycles. The number of hydrogen-bond acceptors (Lipinski definition) is 3. The van der Waals surface area contributed by atoms with E-state index in [9.17, 15) is 5.11 Å². The molecule has 134 valence electrons. The van der Waals surface area contributed by atoms with Crippen LogP contribution in [-0.4, -0.2) is 24.7 Å². The monoisotopic (exact) mass is 341 g/mol. The minimum atomic E-state index is 0.219. The lowest BCUT2D eigenvalue weighted by molar-refractivity contribution is 0.411. The van der Waals surface area contributed by atoms with E-state index < -0.39 is 0 Å². The van der Waals surface area contributed by atoms with Gasteiger partial charge in [-0.3, -0.25) is 0 Å². The number of aryl methyl sites for hydroxylation is 1. The van der Waals surface area contributed by atoms with Crippen LogP contribution in [0.5, 0.6) is 11.5 Å². The fourth-order valence-electron chi connectivity index (χ4n) is 2.58. The molecule has 0 spiro atoms. The number of nitrogens with zero attached hydrogens (tertiary/aromatic N) is 1. The van der Waals surface area contributed by atoms with Crippen LogP contribution in [0.1, 0.15) is 30.5 Å². The van der Waals surface area contributed by atoms with Gasteiger partial charge in [0.1, 0.15) is 11.5 Å². The van der Waals surface area contributed by atoms with Crippen molar-refractivity contribution in [1.82, 2.24) is 10.6 Å². The first kappa shape index (κ1) is 18.6. The van der Waals surface area contributed by atoms with Gasteiger partial charge in [-0.2, -0.15) is 0 Å². The topological polar surface area (TPSA) is 65.9 Å².